The van der Waals surface area contributed by atoms with Crippen LogP contribution in [0, 0.1) is 0 Å². The van der Waals surface area contributed by atoms with Crippen molar-refractivity contribution in [1.82, 2.24) is 0 Å². The molecule has 0 aliphatic carbocycles. The molecule has 0 nitrogen and oxygen atoms in total. The molecule has 0 aliphatic heterocycles. The molecule has 43 heavy (non-hydrogen) atoms. The quantitative estimate of drug-likeness (QED) is 0.0817. The second-order valence-electron chi connectivity index (χ2n) is 9.63. The summed E-state index contributed by atoms with van der Waals surface area (Å²) in [7, 11) is 9.61. The maximum absolute atomic E-state index is 4.81. The van der Waals surface area contributed by atoms with E-state index in [0.717, 1.165) is 0 Å². The van der Waals surface area contributed by atoms with Crippen LogP contribution in [0.4, 0.5) is 0 Å². The first-order chi connectivity index (χ1) is 21.2. The molecule has 228 valence electrons. The normalized spacial score (nSPS) is 12.5. The van der Waals surface area contributed by atoms with E-state index in [0.29, 0.717) is 0 Å². The van der Waals surface area contributed by atoms with Gasteiger partial charge in [-0.2, -0.15) is 0 Å². The van der Waals surface area contributed by atoms with E-state index in [4.69, 9.17) is 19.1 Å². The molecule has 0 radical (unpaired) electrons. The second kappa shape index (κ2) is 16.3. The Labute approximate surface area is 287 Å². The van der Waals surface area contributed by atoms with Crippen LogP contribution in [0.3, 0.4) is 0 Å². The minimum absolute atomic E-state index is 0.0150. The van der Waals surface area contributed by atoms with Crippen molar-refractivity contribution in [3.05, 3.63) is 182 Å². The Balaban J connectivity index is 0.00000118. The first-order valence-electron chi connectivity index (χ1n) is 13.6. The van der Waals surface area contributed by atoms with Crippen molar-refractivity contribution >= 4 is 83.1 Å². The molecule has 7 heteroatoms. The van der Waals surface area contributed by atoms with Gasteiger partial charge in [-0.3, -0.25) is 0 Å². The van der Waals surface area contributed by atoms with Crippen LogP contribution >= 0.6 is 51.3 Å². The summed E-state index contributed by atoms with van der Waals surface area (Å²) in [6, 6.07) is 68.4. The molecule has 0 spiro atoms. The van der Waals surface area contributed by atoms with E-state index in [1.807, 2.05) is 0 Å². The van der Waals surface area contributed by atoms with Crippen LogP contribution < -0.4 is 31.8 Å². The molecule has 0 saturated heterocycles. The van der Waals surface area contributed by atoms with Gasteiger partial charge in [0.15, 0.2) is 0 Å². The van der Waals surface area contributed by atoms with Gasteiger partial charge in [-0.05, 0) is 0 Å². The molecule has 6 aromatic rings. The number of hydrogen-bond acceptors (Lipinski definition) is 0. The Kier molecular flexibility index (Phi) is 12.5. The fourth-order valence-electron chi connectivity index (χ4n) is 5.56. The zero-order valence-corrected chi connectivity index (χ0v) is 31.2. The van der Waals surface area contributed by atoms with Gasteiger partial charge in [-0.1, -0.05) is 0 Å². The van der Waals surface area contributed by atoms with Gasteiger partial charge in [-0.15, -0.1) is 0 Å². The predicted octanol–water partition coefficient (Wildman–Crippen LogP) is 8.61. The zero-order valence-electron chi connectivity index (χ0n) is 23.1. The third-order valence-electron chi connectivity index (χ3n) is 7.29. The molecular formula is C36H32Cl2CuIP2Pd. The molecule has 0 atom stereocenters. The third kappa shape index (κ3) is 6.79. The molecule has 6 aromatic carbocycles. The predicted molar refractivity (Wildman–Crippen MR) is 199 cm³/mol. The number of hydrogen-bond donors (Lipinski definition) is 0. The molecule has 0 unspecified atom stereocenters. The number of rotatable bonds is 8. The summed E-state index contributed by atoms with van der Waals surface area (Å²) in [5.41, 5.74) is 0. The fourth-order valence-corrected chi connectivity index (χ4v) is 45.9. The van der Waals surface area contributed by atoms with E-state index in [2.05, 4.69) is 202 Å². The van der Waals surface area contributed by atoms with Gasteiger partial charge in [0, 0.05) is 0 Å². The molecule has 0 fully saturated rings. The van der Waals surface area contributed by atoms with Crippen LogP contribution in [0.15, 0.2) is 182 Å². The topological polar surface area (TPSA) is 0 Å². The monoisotopic (exact) mass is 892 g/mol. The molecule has 0 heterocycles. The van der Waals surface area contributed by atoms with Crippen molar-refractivity contribution in [3.8, 4) is 0 Å². The first-order valence-corrected chi connectivity index (χ1v) is 27.1. The average Bonchev–Trinajstić information content (AvgIpc) is 3.09. The van der Waals surface area contributed by atoms with Gasteiger partial charge >= 0.3 is 291 Å². The summed E-state index contributed by atoms with van der Waals surface area (Å²) in [6.07, 6.45) is 0. The van der Waals surface area contributed by atoms with E-state index in [1.165, 1.54) is 31.8 Å². The molecule has 0 bridgehead atoms. The first kappa shape index (κ1) is 33.0. The van der Waals surface area contributed by atoms with Gasteiger partial charge in [0.2, 0.25) is 0 Å². The van der Waals surface area contributed by atoms with Crippen LogP contribution in [-0.2, 0) is 25.7 Å². The number of halogens is 3. The standard InChI is InChI=1S/2C18H15P.2ClH.Cu.HI.Pd/c2*1-4-10-16(11-5-1)19(17-12-6-2-7-13-17)18-14-8-3-9-15-18;;;;;/h2*1-15H;2*1H;;1H;/q;;;;-1;;+2/p-1. The minimum atomic E-state index is -2.64. The Bertz CT molecular complexity index is 1350. The molecule has 0 aromatic heterocycles. The summed E-state index contributed by atoms with van der Waals surface area (Å²) in [6.45, 7) is 0. The van der Waals surface area contributed by atoms with Gasteiger partial charge < -0.3 is 0 Å². The van der Waals surface area contributed by atoms with Crippen molar-refractivity contribution in [2.75, 3.05) is 0 Å². The van der Waals surface area contributed by atoms with E-state index in [9.17, 15) is 0 Å². The van der Waals surface area contributed by atoms with Gasteiger partial charge in [0.1, 0.15) is 0 Å². The maximum atomic E-state index is 4.81. The Morgan fingerprint density at radius 1 is 0.349 bits per heavy atom. The molecule has 0 N–H and O–H groups in total. The van der Waals surface area contributed by atoms with Crippen LogP contribution in [0.25, 0.3) is 0 Å². The van der Waals surface area contributed by atoms with Crippen LogP contribution in [0.2, 0.25) is 0 Å². The van der Waals surface area contributed by atoms with E-state index >= 15 is 0 Å². The van der Waals surface area contributed by atoms with Crippen molar-refractivity contribution in [2.45, 2.75) is 0 Å². The Morgan fingerprint density at radius 3 is 0.628 bits per heavy atom. The molecule has 0 saturated carbocycles. The van der Waals surface area contributed by atoms with Gasteiger partial charge in [0.25, 0.3) is 0 Å². The van der Waals surface area contributed by atoms with Crippen molar-refractivity contribution in [2.24, 2.45) is 0 Å². The van der Waals surface area contributed by atoms with Crippen LogP contribution in [-0.4, -0.2) is 0 Å². The van der Waals surface area contributed by atoms with Crippen molar-refractivity contribution in [3.63, 3.8) is 0 Å². The molecule has 6 rings (SSSR count). The fraction of sp³-hybridized carbons (Fsp3) is 0. The van der Waals surface area contributed by atoms with Crippen molar-refractivity contribution < 1.29 is 25.7 Å². The van der Waals surface area contributed by atoms with E-state index in [-0.39, 0.29) is 25.7 Å². The van der Waals surface area contributed by atoms with Crippen molar-refractivity contribution in [1.29, 1.82) is 0 Å². The summed E-state index contributed by atoms with van der Waals surface area (Å²) in [5, 5.41) is 8.76. The molecule has 0 aliphatic rings. The SMILES string of the molecule is [Cl][Pd][Cl].[I][Cu]([PH](c1ccccc1)(c1ccccc1)c1ccccc1)[PH](c1ccccc1)(c1ccccc1)c1ccccc1. The van der Waals surface area contributed by atoms with E-state index < -0.39 is 11.9 Å². The second-order valence-corrected chi connectivity index (χ2v) is 34.2. The summed E-state index contributed by atoms with van der Waals surface area (Å²) in [4.78, 5) is 0. The zero-order chi connectivity index (χ0) is 30.0. The Hall–Kier alpha value is -1.33. The van der Waals surface area contributed by atoms with Gasteiger partial charge in [0.05, 0.1) is 0 Å². The molecule has 0 amide bonds. The van der Waals surface area contributed by atoms with Gasteiger partial charge in [-0.25, -0.2) is 0 Å². The van der Waals surface area contributed by atoms with Crippen LogP contribution in [0.5, 0.6) is 0 Å². The number of benzene rings is 6. The molecular weight excluding hydrogens is 862 g/mol. The summed E-state index contributed by atoms with van der Waals surface area (Å²) in [5.74, 6) is -5.28. The Morgan fingerprint density at radius 2 is 0.488 bits per heavy atom. The van der Waals surface area contributed by atoms with Crippen LogP contribution in [0.1, 0.15) is 0 Å². The van der Waals surface area contributed by atoms with E-state index in [1.54, 1.807) is 0 Å². The summed E-state index contributed by atoms with van der Waals surface area (Å²) < 4.78 is 0. The average molecular weight is 894 g/mol. The summed E-state index contributed by atoms with van der Waals surface area (Å²) >= 11 is 2.83. The third-order valence-corrected chi connectivity index (χ3v) is 40.9.